The number of carbonyl (C=O) groups is 2. The Hall–Kier alpha value is -3.44. The number of thioether (sulfide) groups is 1. The zero-order valence-electron chi connectivity index (χ0n) is 24.8. The summed E-state index contributed by atoms with van der Waals surface area (Å²) in [4.78, 5) is 27.2. The topological polar surface area (TPSA) is 129 Å². The van der Waals surface area contributed by atoms with Crippen LogP contribution in [0.4, 0.5) is 5.82 Å². The maximum Gasteiger partial charge on any atom is 0.254 e. The molecule has 0 bridgehead atoms. The molecule has 10 nitrogen and oxygen atoms in total. The summed E-state index contributed by atoms with van der Waals surface area (Å²) < 4.78 is 22.7. The van der Waals surface area contributed by atoms with Gasteiger partial charge in [0.15, 0.2) is 22.9 Å². The van der Waals surface area contributed by atoms with Gasteiger partial charge in [-0.25, -0.2) is 0 Å². The van der Waals surface area contributed by atoms with Crippen LogP contribution in [0.1, 0.15) is 57.3 Å². The van der Waals surface area contributed by atoms with E-state index in [1.54, 1.807) is 49.2 Å². The SMILES string of the molecule is COc1cc(C(=O)N(C(C)C)C(C)C)ccc1OCCCCOc1ccc2c(NC(=O)[C@@H](N)CCSC)noc2c1. The van der Waals surface area contributed by atoms with Gasteiger partial charge < -0.3 is 34.7 Å². The van der Waals surface area contributed by atoms with Crippen molar-refractivity contribution in [3.8, 4) is 17.2 Å². The van der Waals surface area contributed by atoms with E-state index < -0.39 is 6.04 Å². The van der Waals surface area contributed by atoms with Crippen LogP contribution in [0.25, 0.3) is 11.0 Å². The predicted molar refractivity (Wildman–Crippen MR) is 163 cm³/mol. The highest BCUT2D eigenvalue weighted by Gasteiger charge is 2.23. The lowest BCUT2D eigenvalue weighted by Gasteiger charge is -2.31. The van der Waals surface area contributed by atoms with Crippen molar-refractivity contribution in [2.45, 2.75) is 65.1 Å². The summed E-state index contributed by atoms with van der Waals surface area (Å²) in [7, 11) is 1.57. The van der Waals surface area contributed by atoms with Gasteiger partial charge in [-0.3, -0.25) is 9.59 Å². The van der Waals surface area contributed by atoms with Crippen molar-refractivity contribution < 1.29 is 28.3 Å². The molecular formula is C30H42N4O6S. The standard InChI is InChI=1S/C30H42N4O6S/c1-19(2)34(20(3)4)30(36)21-9-12-25(27(17-21)37-5)39-15-8-7-14-38-22-10-11-23-26(18-22)40-33-28(23)32-29(35)24(31)13-16-41-6/h9-12,17-20,24H,7-8,13-16,31H2,1-6H3,(H,32,33,35)/t24-/m0/s1. The van der Waals surface area contributed by atoms with Crippen molar-refractivity contribution in [1.82, 2.24) is 10.1 Å². The summed E-state index contributed by atoms with van der Waals surface area (Å²) >= 11 is 1.64. The fraction of sp³-hybridized carbons (Fsp3) is 0.500. The third kappa shape index (κ3) is 8.77. The Balaban J connectivity index is 1.46. The molecule has 0 aliphatic carbocycles. The number of fused-ring (bicyclic) bond motifs is 1. The van der Waals surface area contributed by atoms with E-state index in [1.807, 2.05) is 44.9 Å². The van der Waals surface area contributed by atoms with Crippen LogP contribution in [0.3, 0.4) is 0 Å². The number of unbranched alkanes of at least 4 members (excludes halogenated alkanes) is 1. The third-order valence-electron chi connectivity index (χ3n) is 6.48. The Morgan fingerprint density at radius 1 is 1.02 bits per heavy atom. The number of methoxy groups -OCH3 is 1. The number of nitrogens with two attached hydrogens (primary N) is 1. The van der Waals surface area contributed by atoms with Gasteiger partial charge in [-0.15, -0.1) is 0 Å². The average Bonchev–Trinajstić information content (AvgIpc) is 3.34. The molecule has 3 rings (SSSR count). The zero-order valence-corrected chi connectivity index (χ0v) is 25.6. The van der Waals surface area contributed by atoms with E-state index in [0.29, 0.717) is 59.2 Å². The lowest BCUT2D eigenvalue weighted by atomic mass is 10.1. The molecule has 224 valence electrons. The van der Waals surface area contributed by atoms with Gasteiger partial charge in [-0.1, -0.05) is 5.16 Å². The number of nitrogens with one attached hydrogen (secondary N) is 1. The second-order valence-electron chi connectivity index (χ2n) is 10.2. The first kappa shape index (κ1) is 32.1. The number of benzene rings is 2. The highest BCUT2D eigenvalue weighted by Crippen LogP contribution is 2.30. The van der Waals surface area contributed by atoms with Crippen molar-refractivity contribution in [2.24, 2.45) is 5.73 Å². The Kier molecular flexibility index (Phi) is 12.2. The number of carbonyl (C=O) groups excluding carboxylic acids is 2. The first-order valence-corrected chi connectivity index (χ1v) is 15.3. The van der Waals surface area contributed by atoms with Crippen LogP contribution in [0.15, 0.2) is 40.9 Å². The van der Waals surface area contributed by atoms with E-state index in [9.17, 15) is 9.59 Å². The highest BCUT2D eigenvalue weighted by atomic mass is 32.2. The molecule has 1 aromatic heterocycles. The largest absolute Gasteiger partial charge is 0.493 e. The van der Waals surface area contributed by atoms with E-state index in [1.165, 1.54) is 0 Å². The van der Waals surface area contributed by atoms with Gasteiger partial charge in [-0.2, -0.15) is 11.8 Å². The lowest BCUT2D eigenvalue weighted by molar-refractivity contribution is -0.117. The van der Waals surface area contributed by atoms with Crippen molar-refractivity contribution in [3.63, 3.8) is 0 Å². The molecule has 2 amide bonds. The molecule has 0 fully saturated rings. The first-order valence-electron chi connectivity index (χ1n) is 13.9. The number of hydrogen-bond acceptors (Lipinski definition) is 9. The van der Waals surface area contributed by atoms with Crippen LogP contribution in [-0.2, 0) is 4.79 Å². The maximum atomic E-state index is 13.0. The number of nitrogens with zero attached hydrogens (tertiary/aromatic N) is 2. The normalized spacial score (nSPS) is 12.0. The van der Waals surface area contributed by atoms with Crippen molar-refractivity contribution in [2.75, 3.05) is 37.6 Å². The van der Waals surface area contributed by atoms with Crippen molar-refractivity contribution >= 4 is 40.4 Å². The molecule has 0 aliphatic heterocycles. The van der Waals surface area contributed by atoms with Gasteiger partial charge in [0.05, 0.1) is 31.8 Å². The molecule has 2 aromatic carbocycles. The van der Waals surface area contributed by atoms with Gasteiger partial charge in [-0.05, 0) is 89.3 Å². The van der Waals surface area contributed by atoms with Crippen molar-refractivity contribution in [3.05, 3.63) is 42.0 Å². The second-order valence-corrected chi connectivity index (χ2v) is 11.2. The molecule has 0 saturated heterocycles. The second kappa shape index (κ2) is 15.5. The summed E-state index contributed by atoms with van der Waals surface area (Å²) in [6.07, 6.45) is 4.08. The monoisotopic (exact) mass is 586 g/mol. The molecule has 0 saturated carbocycles. The molecule has 1 heterocycles. The minimum absolute atomic E-state index is 0.0349. The van der Waals surface area contributed by atoms with Crippen LogP contribution in [-0.4, -0.2) is 72.3 Å². The van der Waals surface area contributed by atoms with E-state index in [2.05, 4.69) is 10.5 Å². The van der Waals surface area contributed by atoms with Crippen LogP contribution in [0.5, 0.6) is 17.2 Å². The summed E-state index contributed by atoms with van der Waals surface area (Å²) in [5.41, 5.74) is 7.02. The van der Waals surface area contributed by atoms with E-state index in [-0.39, 0.29) is 23.9 Å². The molecular weight excluding hydrogens is 544 g/mol. The summed E-state index contributed by atoms with van der Waals surface area (Å²) in [5.74, 6) is 2.59. The van der Waals surface area contributed by atoms with Gasteiger partial charge in [0.2, 0.25) is 5.91 Å². The summed E-state index contributed by atoms with van der Waals surface area (Å²) in [6, 6.07) is 10.2. The highest BCUT2D eigenvalue weighted by molar-refractivity contribution is 7.98. The minimum Gasteiger partial charge on any atom is -0.493 e. The molecule has 41 heavy (non-hydrogen) atoms. The molecule has 3 aromatic rings. The van der Waals surface area contributed by atoms with E-state index >= 15 is 0 Å². The van der Waals surface area contributed by atoms with Crippen LogP contribution >= 0.6 is 11.8 Å². The summed E-state index contributed by atoms with van der Waals surface area (Å²) in [6.45, 7) is 8.99. The Morgan fingerprint density at radius 3 is 2.39 bits per heavy atom. The van der Waals surface area contributed by atoms with Crippen LogP contribution in [0.2, 0.25) is 0 Å². The quantitative estimate of drug-likeness (QED) is 0.213. The number of aromatic nitrogens is 1. The maximum absolute atomic E-state index is 13.0. The van der Waals surface area contributed by atoms with E-state index in [4.69, 9.17) is 24.5 Å². The van der Waals surface area contributed by atoms with Gasteiger partial charge in [0.1, 0.15) is 5.75 Å². The zero-order chi connectivity index (χ0) is 29.9. The van der Waals surface area contributed by atoms with Crippen LogP contribution < -0.4 is 25.3 Å². The molecule has 1 atom stereocenters. The fourth-order valence-corrected chi connectivity index (χ4v) is 4.88. The van der Waals surface area contributed by atoms with Crippen molar-refractivity contribution in [1.29, 1.82) is 0 Å². The number of rotatable bonds is 16. The Bertz CT molecular complexity index is 1290. The fourth-order valence-electron chi connectivity index (χ4n) is 4.39. The number of anilines is 1. The van der Waals surface area contributed by atoms with E-state index in [0.717, 1.165) is 18.6 Å². The van der Waals surface area contributed by atoms with Crippen LogP contribution in [0, 0.1) is 0 Å². The summed E-state index contributed by atoms with van der Waals surface area (Å²) in [5, 5.41) is 7.39. The smallest absolute Gasteiger partial charge is 0.254 e. The number of hydrogen-bond donors (Lipinski definition) is 2. The van der Waals surface area contributed by atoms with Gasteiger partial charge in [0.25, 0.3) is 5.91 Å². The molecule has 0 radical (unpaired) electrons. The average molecular weight is 587 g/mol. The minimum atomic E-state index is -0.601. The first-order chi connectivity index (χ1) is 19.7. The molecule has 0 spiro atoms. The Morgan fingerprint density at radius 2 is 1.73 bits per heavy atom. The Labute approximate surface area is 246 Å². The molecule has 0 aliphatic rings. The number of amides is 2. The van der Waals surface area contributed by atoms with Gasteiger partial charge >= 0.3 is 0 Å². The molecule has 3 N–H and O–H groups in total. The lowest BCUT2D eigenvalue weighted by Crippen LogP contribution is -2.42. The third-order valence-corrected chi connectivity index (χ3v) is 7.12. The predicted octanol–water partition coefficient (Wildman–Crippen LogP) is 5.35. The molecule has 11 heteroatoms. The van der Waals surface area contributed by atoms with Gasteiger partial charge in [0, 0.05) is 23.7 Å². The number of ether oxygens (including phenoxy) is 3. The molecule has 0 unspecified atom stereocenters.